The Morgan fingerprint density at radius 1 is 0.946 bits per heavy atom. The van der Waals surface area contributed by atoms with Crippen molar-refractivity contribution in [1.29, 1.82) is 0 Å². The number of nitrogens with one attached hydrogen (secondary N) is 1. The average Bonchev–Trinajstić information content (AvgIpc) is 2.87. The average molecular weight is 495 g/mol. The molecule has 192 valence electrons. The number of nitrogen functional groups attached to an aromatic ring is 1. The molecule has 1 aromatic heterocycles. The predicted molar refractivity (Wildman–Crippen MR) is 148 cm³/mol. The number of hydrogen-bond acceptors (Lipinski definition) is 5. The van der Waals surface area contributed by atoms with E-state index >= 15 is 0 Å². The molecule has 4 N–H and O–H groups in total. The van der Waals surface area contributed by atoms with Crippen molar-refractivity contribution in [2.45, 2.75) is 76.9 Å². The number of nitrogens with zero attached hydrogens (tertiary/aromatic N) is 2. The van der Waals surface area contributed by atoms with Crippen LogP contribution >= 0.6 is 0 Å². The van der Waals surface area contributed by atoms with Gasteiger partial charge in [-0.05, 0) is 117 Å². The molecule has 0 amide bonds. The maximum atomic E-state index is 11.0. The lowest BCUT2D eigenvalue weighted by Crippen LogP contribution is -2.47. The Bertz CT molecular complexity index is 1270. The highest BCUT2D eigenvalue weighted by molar-refractivity contribution is 5.72. The van der Waals surface area contributed by atoms with Gasteiger partial charge in [-0.3, -0.25) is 0 Å². The molecule has 5 aliphatic carbocycles. The van der Waals surface area contributed by atoms with Crippen molar-refractivity contribution in [1.82, 2.24) is 9.97 Å². The Balaban J connectivity index is 1.21. The normalized spacial score (nSPS) is 28.0. The summed E-state index contributed by atoms with van der Waals surface area (Å²) in [7, 11) is 0. The van der Waals surface area contributed by atoms with E-state index in [1.54, 1.807) is 0 Å². The molecule has 4 fully saturated rings. The van der Waals surface area contributed by atoms with Gasteiger partial charge in [-0.25, -0.2) is 9.97 Å². The predicted octanol–water partition coefficient (Wildman–Crippen LogP) is 5.95. The second kappa shape index (κ2) is 9.13. The first-order valence-electron chi connectivity index (χ1n) is 14.3. The Hall–Kier alpha value is -2.92. The quantitative estimate of drug-likeness (QED) is 0.279. The van der Waals surface area contributed by atoms with Crippen LogP contribution in [0.25, 0.3) is 11.3 Å². The monoisotopic (exact) mass is 494 g/mol. The summed E-state index contributed by atoms with van der Waals surface area (Å²) in [6, 6.07) is 16.6. The summed E-state index contributed by atoms with van der Waals surface area (Å²) < 4.78 is 0. The summed E-state index contributed by atoms with van der Waals surface area (Å²) in [5, 5.41) is 14.4. The lowest BCUT2D eigenvalue weighted by molar-refractivity contribution is -0.0526. The first-order chi connectivity index (χ1) is 18.0. The number of aliphatic hydroxyl groups excluding tert-OH is 1. The van der Waals surface area contributed by atoms with Crippen LogP contribution in [0.2, 0.25) is 0 Å². The van der Waals surface area contributed by atoms with Crippen LogP contribution in [0.1, 0.15) is 67.5 Å². The lowest BCUT2D eigenvalue weighted by Gasteiger charge is -2.57. The van der Waals surface area contributed by atoms with E-state index in [-0.39, 0.29) is 0 Å². The fourth-order valence-corrected chi connectivity index (χ4v) is 8.48. The number of benzene rings is 2. The zero-order valence-electron chi connectivity index (χ0n) is 21.6. The topological polar surface area (TPSA) is 84.1 Å². The first-order valence-corrected chi connectivity index (χ1v) is 14.3. The second-order valence-electron chi connectivity index (χ2n) is 12.5. The van der Waals surface area contributed by atoms with Gasteiger partial charge in [0.2, 0.25) is 0 Å². The van der Waals surface area contributed by atoms with Crippen LogP contribution < -0.4 is 11.1 Å². The number of aryl methyl sites for hydroxylation is 3. The maximum absolute atomic E-state index is 11.0. The summed E-state index contributed by atoms with van der Waals surface area (Å²) in [5.41, 5.74) is 14.0. The highest BCUT2D eigenvalue weighted by Gasteiger charge is 2.51. The minimum absolute atomic E-state index is 0.349. The molecule has 5 nitrogen and oxygen atoms in total. The minimum Gasteiger partial charge on any atom is -0.399 e. The van der Waals surface area contributed by atoms with E-state index in [4.69, 9.17) is 15.7 Å². The van der Waals surface area contributed by atoms with E-state index < -0.39 is 6.23 Å². The largest absolute Gasteiger partial charge is 0.399 e. The Morgan fingerprint density at radius 3 is 2.41 bits per heavy atom. The van der Waals surface area contributed by atoms with E-state index in [0.29, 0.717) is 11.8 Å². The molecule has 0 saturated heterocycles. The van der Waals surface area contributed by atoms with Crippen LogP contribution in [0.4, 0.5) is 11.5 Å². The van der Waals surface area contributed by atoms with E-state index in [9.17, 15) is 5.11 Å². The summed E-state index contributed by atoms with van der Waals surface area (Å²) in [4.78, 5) is 10.5. The van der Waals surface area contributed by atoms with Crippen LogP contribution in [0, 0.1) is 23.2 Å². The van der Waals surface area contributed by atoms with Crippen LogP contribution in [0.15, 0.2) is 48.5 Å². The number of fused-ring (bicyclic) bond motifs is 3. The van der Waals surface area contributed by atoms with Crippen LogP contribution in [-0.2, 0) is 25.7 Å². The van der Waals surface area contributed by atoms with Gasteiger partial charge in [0.1, 0.15) is 12.0 Å². The Morgan fingerprint density at radius 2 is 1.68 bits per heavy atom. The third kappa shape index (κ3) is 4.52. The summed E-state index contributed by atoms with van der Waals surface area (Å²) in [5.74, 6) is 3.49. The van der Waals surface area contributed by atoms with Crippen molar-refractivity contribution in [3.8, 4) is 11.3 Å². The third-order valence-corrected chi connectivity index (χ3v) is 9.62. The molecule has 0 spiro atoms. The number of nitrogens with two attached hydrogens (primary N) is 1. The van der Waals surface area contributed by atoms with Gasteiger partial charge in [-0.1, -0.05) is 36.4 Å². The van der Waals surface area contributed by atoms with Gasteiger partial charge in [0.05, 0.1) is 17.1 Å². The van der Waals surface area contributed by atoms with Crippen LogP contribution in [0.5, 0.6) is 0 Å². The van der Waals surface area contributed by atoms with Gasteiger partial charge in [-0.15, -0.1) is 0 Å². The zero-order valence-corrected chi connectivity index (χ0v) is 21.6. The van der Waals surface area contributed by atoms with Crippen molar-refractivity contribution in [3.05, 3.63) is 71.0 Å². The Kier molecular flexibility index (Phi) is 5.73. The van der Waals surface area contributed by atoms with Crippen molar-refractivity contribution < 1.29 is 5.11 Å². The smallest absolute Gasteiger partial charge is 0.150 e. The van der Waals surface area contributed by atoms with E-state index in [2.05, 4.69) is 41.7 Å². The lowest BCUT2D eigenvalue weighted by atomic mass is 9.48. The number of hydrogen-bond donors (Lipinski definition) is 3. The van der Waals surface area contributed by atoms with E-state index in [1.165, 1.54) is 55.2 Å². The molecule has 4 bridgehead atoms. The number of rotatable bonds is 7. The molecule has 37 heavy (non-hydrogen) atoms. The second-order valence-corrected chi connectivity index (χ2v) is 12.5. The molecule has 1 heterocycles. The molecule has 2 aromatic carbocycles. The molecular formula is C32H38N4O. The molecule has 0 radical (unpaired) electrons. The molecule has 8 rings (SSSR count). The molecular weight excluding hydrogens is 456 g/mol. The summed E-state index contributed by atoms with van der Waals surface area (Å²) in [6.07, 6.45) is 11.9. The van der Waals surface area contributed by atoms with E-state index in [0.717, 1.165) is 72.0 Å². The van der Waals surface area contributed by atoms with Gasteiger partial charge in [0.25, 0.3) is 0 Å². The van der Waals surface area contributed by atoms with Gasteiger partial charge >= 0.3 is 0 Å². The maximum Gasteiger partial charge on any atom is 0.150 e. The molecule has 0 aliphatic heterocycles. The standard InChI is InChI=1S/C32H38N4O/c33-25-8-9-26-24(15-25)7-10-27-30(26)34-28(19-32-16-21-12-22(17-32)14-23(13-21)18-32)31(35-27)36-29(37)11-6-20-4-2-1-3-5-20/h1-5,8-9,15,21-23,29,37H,6-7,10-14,16-19,33H2,(H,35,36). The van der Waals surface area contributed by atoms with Crippen molar-refractivity contribution in [3.63, 3.8) is 0 Å². The number of aromatic nitrogens is 2. The fraction of sp³-hybridized carbons (Fsp3) is 0.500. The minimum atomic E-state index is -0.654. The number of aliphatic hydroxyl groups is 1. The first kappa shape index (κ1) is 23.2. The third-order valence-electron chi connectivity index (χ3n) is 9.62. The molecule has 1 atom stereocenters. The van der Waals surface area contributed by atoms with Crippen molar-refractivity contribution in [2.24, 2.45) is 23.2 Å². The van der Waals surface area contributed by atoms with Crippen LogP contribution in [-0.4, -0.2) is 21.3 Å². The fourth-order valence-electron chi connectivity index (χ4n) is 8.48. The highest BCUT2D eigenvalue weighted by Crippen LogP contribution is 2.61. The molecule has 3 aromatic rings. The zero-order chi connectivity index (χ0) is 25.0. The van der Waals surface area contributed by atoms with Gasteiger partial charge < -0.3 is 16.2 Å². The van der Waals surface area contributed by atoms with Crippen molar-refractivity contribution >= 4 is 11.5 Å². The summed E-state index contributed by atoms with van der Waals surface area (Å²) >= 11 is 0. The van der Waals surface area contributed by atoms with Gasteiger partial charge in [0.15, 0.2) is 0 Å². The van der Waals surface area contributed by atoms with Gasteiger partial charge in [-0.2, -0.15) is 0 Å². The van der Waals surface area contributed by atoms with E-state index in [1.807, 2.05) is 12.1 Å². The van der Waals surface area contributed by atoms with Gasteiger partial charge in [0, 0.05) is 11.3 Å². The Labute approximate surface area is 219 Å². The van der Waals surface area contributed by atoms with Crippen molar-refractivity contribution in [2.75, 3.05) is 11.1 Å². The molecule has 5 aliphatic rings. The molecule has 1 unspecified atom stereocenters. The molecule has 4 saturated carbocycles. The highest BCUT2D eigenvalue weighted by atomic mass is 16.3. The SMILES string of the molecule is Nc1ccc2c(c1)CCc1nc(NC(O)CCc3ccccc3)c(CC34CC5CC(CC(C5)C3)C4)nc1-2. The summed E-state index contributed by atoms with van der Waals surface area (Å²) in [6.45, 7) is 0. The number of anilines is 2. The van der Waals surface area contributed by atoms with Crippen LogP contribution in [0.3, 0.4) is 0 Å². The molecule has 5 heteroatoms.